The largest absolute Gasteiger partial charge is 0.573 e. The molecule has 9 heteroatoms. The van der Waals surface area contributed by atoms with E-state index in [-0.39, 0.29) is 35.7 Å². The van der Waals surface area contributed by atoms with E-state index in [2.05, 4.69) is 27.2 Å². The van der Waals surface area contributed by atoms with Crippen molar-refractivity contribution < 1.29 is 22.6 Å². The number of benzene rings is 2. The van der Waals surface area contributed by atoms with Crippen LogP contribution in [-0.2, 0) is 11.2 Å². The van der Waals surface area contributed by atoms with Gasteiger partial charge in [-0.15, -0.1) is 37.1 Å². The highest BCUT2D eigenvalue weighted by molar-refractivity contribution is 14.0. The maximum Gasteiger partial charge on any atom is 0.573 e. The quantitative estimate of drug-likeness (QED) is 0.225. The smallest absolute Gasteiger partial charge is 0.406 e. The van der Waals surface area contributed by atoms with Gasteiger partial charge < -0.3 is 20.5 Å². The summed E-state index contributed by atoms with van der Waals surface area (Å²) in [6, 6.07) is 15.3. The van der Waals surface area contributed by atoms with Gasteiger partial charge in [0.2, 0.25) is 0 Å². The maximum absolute atomic E-state index is 12.1. The van der Waals surface area contributed by atoms with Crippen molar-refractivity contribution in [1.82, 2.24) is 0 Å². The van der Waals surface area contributed by atoms with Crippen LogP contribution in [0.5, 0.6) is 5.75 Å². The van der Waals surface area contributed by atoms with Crippen molar-refractivity contribution in [2.75, 3.05) is 25.1 Å². The van der Waals surface area contributed by atoms with E-state index < -0.39 is 6.36 Å². The van der Waals surface area contributed by atoms with Gasteiger partial charge in [-0.1, -0.05) is 30.3 Å². The fourth-order valence-electron chi connectivity index (χ4n) is 2.23. The van der Waals surface area contributed by atoms with Crippen molar-refractivity contribution in [3.05, 3.63) is 60.2 Å². The number of ether oxygens (including phenoxy) is 2. The van der Waals surface area contributed by atoms with E-state index in [1.807, 2.05) is 18.2 Å². The van der Waals surface area contributed by atoms with Gasteiger partial charge >= 0.3 is 6.36 Å². The number of hydrogen-bond acceptors (Lipinski definition) is 3. The second-order valence-corrected chi connectivity index (χ2v) is 5.67. The summed E-state index contributed by atoms with van der Waals surface area (Å²) in [6.45, 7) is 1.71. The third-order valence-electron chi connectivity index (χ3n) is 3.47. The van der Waals surface area contributed by atoms with Gasteiger partial charge in [0, 0.05) is 18.8 Å². The summed E-state index contributed by atoms with van der Waals surface area (Å²) in [5.41, 5.74) is 7.50. The molecule has 0 aliphatic heterocycles. The highest BCUT2D eigenvalue weighted by Crippen LogP contribution is 2.23. The number of anilines is 1. The van der Waals surface area contributed by atoms with Gasteiger partial charge in [-0.05, 0) is 42.7 Å². The lowest BCUT2D eigenvalue weighted by Crippen LogP contribution is -2.23. The van der Waals surface area contributed by atoms with Gasteiger partial charge in [0.15, 0.2) is 5.96 Å². The minimum atomic E-state index is -4.71. The van der Waals surface area contributed by atoms with Crippen LogP contribution in [0.15, 0.2) is 59.6 Å². The van der Waals surface area contributed by atoms with Crippen molar-refractivity contribution >= 4 is 35.6 Å². The number of nitrogens with one attached hydrogen (secondary N) is 1. The number of guanidine groups is 1. The zero-order valence-electron chi connectivity index (χ0n) is 15.1. The predicted octanol–water partition coefficient (Wildman–Crippen LogP) is 4.58. The molecular weight excluding hydrogens is 486 g/mol. The molecule has 2 aromatic carbocycles. The first-order valence-electron chi connectivity index (χ1n) is 8.47. The van der Waals surface area contributed by atoms with Gasteiger partial charge in [0.1, 0.15) is 5.75 Å². The topological polar surface area (TPSA) is 68.9 Å². The second kappa shape index (κ2) is 12.4. The van der Waals surface area contributed by atoms with Crippen LogP contribution in [0.1, 0.15) is 12.0 Å². The van der Waals surface area contributed by atoms with Crippen molar-refractivity contribution in [2.45, 2.75) is 19.2 Å². The molecule has 0 spiro atoms. The first kappa shape index (κ1) is 24.0. The normalized spacial score (nSPS) is 11.6. The Hall–Kier alpha value is -2.01. The van der Waals surface area contributed by atoms with Gasteiger partial charge in [-0.25, -0.2) is 0 Å². The van der Waals surface area contributed by atoms with E-state index in [1.54, 1.807) is 0 Å². The Morgan fingerprint density at radius 1 is 1.00 bits per heavy atom. The molecule has 2 rings (SSSR count). The number of halogens is 4. The number of nitrogens with zero attached hydrogens (tertiary/aromatic N) is 1. The van der Waals surface area contributed by atoms with Crippen molar-refractivity contribution in [2.24, 2.45) is 10.7 Å². The number of aliphatic imine (C=N–C) groups is 1. The van der Waals surface area contributed by atoms with Crippen LogP contribution >= 0.6 is 24.0 Å². The fraction of sp³-hybridized carbons (Fsp3) is 0.316. The molecule has 5 nitrogen and oxygen atoms in total. The monoisotopic (exact) mass is 509 g/mol. The molecule has 0 heterocycles. The summed E-state index contributed by atoms with van der Waals surface area (Å²) in [5.74, 6) is -0.111. The van der Waals surface area contributed by atoms with Crippen LogP contribution in [0, 0.1) is 0 Å². The van der Waals surface area contributed by atoms with Crippen LogP contribution in [0.4, 0.5) is 18.9 Å². The zero-order valence-corrected chi connectivity index (χ0v) is 17.4. The Bertz CT molecular complexity index is 711. The minimum absolute atomic E-state index is 0. The molecule has 0 bridgehead atoms. The van der Waals surface area contributed by atoms with E-state index in [0.29, 0.717) is 25.4 Å². The van der Waals surface area contributed by atoms with E-state index in [4.69, 9.17) is 10.5 Å². The number of hydrogen-bond donors (Lipinski definition) is 2. The Balaban J connectivity index is 0.00000392. The molecule has 0 fully saturated rings. The summed E-state index contributed by atoms with van der Waals surface area (Å²) >= 11 is 0. The van der Waals surface area contributed by atoms with Gasteiger partial charge in [-0.3, -0.25) is 4.99 Å². The average molecular weight is 509 g/mol. The van der Waals surface area contributed by atoms with E-state index in [1.165, 1.54) is 29.8 Å². The molecule has 0 atom stereocenters. The SMILES string of the molecule is I.NC(=NCCCOCCc1ccccc1)Nc1ccc(OC(F)(F)F)cc1. The van der Waals surface area contributed by atoms with Crippen LogP contribution in [0.3, 0.4) is 0 Å². The molecule has 0 aliphatic carbocycles. The molecule has 154 valence electrons. The lowest BCUT2D eigenvalue weighted by atomic mass is 10.2. The molecule has 0 aromatic heterocycles. The van der Waals surface area contributed by atoms with Gasteiger partial charge in [-0.2, -0.15) is 0 Å². The Kier molecular flexibility index (Phi) is 10.7. The average Bonchev–Trinajstić information content (AvgIpc) is 2.62. The fourth-order valence-corrected chi connectivity index (χ4v) is 2.23. The molecule has 0 saturated heterocycles. The minimum Gasteiger partial charge on any atom is -0.406 e. The van der Waals surface area contributed by atoms with Crippen molar-refractivity contribution in [3.63, 3.8) is 0 Å². The molecule has 0 saturated carbocycles. The maximum atomic E-state index is 12.1. The molecule has 0 amide bonds. The molecule has 0 aliphatic rings. The molecular formula is C19H23F3IN3O2. The van der Waals surface area contributed by atoms with Crippen LogP contribution < -0.4 is 15.8 Å². The third-order valence-corrected chi connectivity index (χ3v) is 3.47. The van der Waals surface area contributed by atoms with Crippen molar-refractivity contribution in [1.29, 1.82) is 0 Å². The molecule has 0 radical (unpaired) electrons. The standard InChI is InChI=1S/C19H22F3N3O2.HI/c20-19(21,22)27-17-9-7-16(8-10-17)25-18(23)24-12-4-13-26-14-11-15-5-2-1-3-6-15;/h1-3,5-10H,4,11-14H2,(H3,23,24,25);1H. The molecule has 3 N–H and O–H groups in total. The summed E-state index contributed by atoms with van der Waals surface area (Å²) < 4.78 is 45.7. The number of alkyl halides is 3. The first-order valence-corrected chi connectivity index (χ1v) is 8.47. The first-order chi connectivity index (χ1) is 12.9. The number of rotatable bonds is 9. The van der Waals surface area contributed by atoms with Crippen LogP contribution in [0.25, 0.3) is 0 Å². The lowest BCUT2D eigenvalue weighted by Gasteiger charge is -2.10. The van der Waals surface area contributed by atoms with Crippen LogP contribution in [0.2, 0.25) is 0 Å². The second-order valence-electron chi connectivity index (χ2n) is 5.67. The summed E-state index contributed by atoms with van der Waals surface area (Å²) in [5, 5.41) is 2.81. The Morgan fingerprint density at radius 3 is 2.32 bits per heavy atom. The number of nitrogens with two attached hydrogens (primary N) is 1. The lowest BCUT2D eigenvalue weighted by molar-refractivity contribution is -0.274. The van der Waals surface area contributed by atoms with Gasteiger partial charge in [0.25, 0.3) is 0 Å². The third kappa shape index (κ3) is 10.4. The Labute approximate surface area is 179 Å². The summed E-state index contributed by atoms with van der Waals surface area (Å²) in [7, 11) is 0. The summed E-state index contributed by atoms with van der Waals surface area (Å²) in [4.78, 5) is 4.15. The highest BCUT2D eigenvalue weighted by atomic mass is 127. The molecule has 28 heavy (non-hydrogen) atoms. The van der Waals surface area contributed by atoms with E-state index in [9.17, 15) is 13.2 Å². The highest BCUT2D eigenvalue weighted by Gasteiger charge is 2.30. The summed E-state index contributed by atoms with van der Waals surface area (Å²) in [6.07, 6.45) is -3.13. The van der Waals surface area contributed by atoms with E-state index >= 15 is 0 Å². The molecule has 0 unspecified atom stereocenters. The predicted molar refractivity (Wildman–Crippen MR) is 114 cm³/mol. The van der Waals surface area contributed by atoms with E-state index in [0.717, 1.165) is 12.8 Å². The van der Waals surface area contributed by atoms with Crippen LogP contribution in [-0.4, -0.2) is 32.1 Å². The van der Waals surface area contributed by atoms with Gasteiger partial charge in [0.05, 0.1) is 6.61 Å². The van der Waals surface area contributed by atoms with Crippen molar-refractivity contribution in [3.8, 4) is 5.75 Å². The zero-order chi connectivity index (χ0) is 19.5. The Morgan fingerprint density at radius 2 is 1.68 bits per heavy atom. The molecule has 2 aromatic rings.